The maximum absolute atomic E-state index is 12.8. The number of amides is 1. The molecule has 1 atom stereocenters. The Morgan fingerprint density at radius 2 is 1.81 bits per heavy atom. The highest BCUT2D eigenvalue weighted by atomic mass is 35.5. The zero-order chi connectivity index (χ0) is 19.6. The summed E-state index contributed by atoms with van der Waals surface area (Å²) in [5, 5.41) is 11.4. The lowest BCUT2D eigenvalue weighted by atomic mass is 9.94. The number of ether oxygens (including phenoxy) is 1. The number of halogens is 1. The largest absolute Gasteiger partial charge is 0.507 e. The molecular formula is C21H20ClNO4. The Hall–Kier alpha value is -2.79. The van der Waals surface area contributed by atoms with Crippen LogP contribution in [0.5, 0.6) is 5.75 Å². The van der Waals surface area contributed by atoms with E-state index in [9.17, 15) is 14.7 Å². The van der Waals surface area contributed by atoms with Crippen LogP contribution in [0, 0.1) is 0 Å². The molecule has 0 radical (unpaired) electrons. The molecule has 1 aliphatic heterocycles. The lowest BCUT2D eigenvalue weighted by Crippen LogP contribution is -2.30. The Bertz CT molecular complexity index is 905. The molecule has 1 N–H and O–H groups in total. The van der Waals surface area contributed by atoms with E-state index in [-0.39, 0.29) is 11.3 Å². The average molecular weight is 386 g/mol. The topological polar surface area (TPSA) is 66.8 Å². The summed E-state index contributed by atoms with van der Waals surface area (Å²) in [6.07, 6.45) is 0.680. The van der Waals surface area contributed by atoms with Crippen molar-refractivity contribution in [3.8, 4) is 5.75 Å². The summed E-state index contributed by atoms with van der Waals surface area (Å²) >= 11 is 5.91. The number of Topliss-reactive ketones (excluding diaryl/α,β-unsaturated/α-hetero) is 1. The lowest BCUT2D eigenvalue weighted by molar-refractivity contribution is -0.139. The third kappa shape index (κ3) is 3.43. The number of hydrogen-bond acceptors (Lipinski definition) is 4. The van der Waals surface area contributed by atoms with Gasteiger partial charge >= 0.3 is 0 Å². The first-order chi connectivity index (χ1) is 13.0. The fraction of sp³-hybridized carbons (Fsp3) is 0.238. The Morgan fingerprint density at radius 3 is 2.44 bits per heavy atom. The number of hydrogen-bond donors (Lipinski definition) is 1. The van der Waals surface area contributed by atoms with Gasteiger partial charge in [-0.25, -0.2) is 0 Å². The van der Waals surface area contributed by atoms with E-state index in [0.29, 0.717) is 34.9 Å². The van der Waals surface area contributed by atoms with Gasteiger partial charge in [-0.15, -0.1) is 0 Å². The number of carbonyl (C=O) groups excluding carboxylic acids is 2. The molecule has 1 fully saturated rings. The van der Waals surface area contributed by atoms with E-state index in [1.54, 1.807) is 36.4 Å². The van der Waals surface area contributed by atoms with Gasteiger partial charge in [0.15, 0.2) is 0 Å². The molecule has 5 nitrogen and oxygen atoms in total. The van der Waals surface area contributed by atoms with Crippen molar-refractivity contribution >= 4 is 29.1 Å². The Labute approximate surface area is 162 Å². The summed E-state index contributed by atoms with van der Waals surface area (Å²) in [6.45, 7) is 2.32. The molecule has 1 amide bonds. The number of likely N-dealkylation sites (tertiary alicyclic amines) is 1. The number of aliphatic hydroxyl groups is 1. The number of rotatable bonds is 5. The van der Waals surface area contributed by atoms with E-state index in [0.717, 1.165) is 0 Å². The Balaban J connectivity index is 2.22. The van der Waals surface area contributed by atoms with Gasteiger partial charge in [0.1, 0.15) is 11.5 Å². The second kappa shape index (κ2) is 7.84. The van der Waals surface area contributed by atoms with Crippen molar-refractivity contribution in [3.05, 3.63) is 70.3 Å². The van der Waals surface area contributed by atoms with Crippen LogP contribution in [-0.2, 0) is 9.59 Å². The maximum atomic E-state index is 12.8. The van der Waals surface area contributed by atoms with Gasteiger partial charge in [0.25, 0.3) is 11.7 Å². The molecule has 2 aromatic carbocycles. The van der Waals surface area contributed by atoms with E-state index in [2.05, 4.69) is 0 Å². The number of carbonyl (C=O) groups is 2. The van der Waals surface area contributed by atoms with Gasteiger partial charge in [0.05, 0.1) is 18.7 Å². The van der Waals surface area contributed by atoms with Gasteiger partial charge in [-0.05, 0) is 36.8 Å². The van der Waals surface area contributed by atoms with Crippen LogP contribution in [0.25, 0.3) is 5.76 Å². The van der Waals surface area contributed by atoms with Crippen molar-refractivity contribution in [2.45, 2.75) is 19.4 Å². The summed E-state index contributed by atoms with van der Waals surface area (Å²) in [5.74, 6) is -0.998. The second-order valence-corrected chi connectivity index (χ2v) is 6.68. The third-order valence-electron chi connectivity index (χ3n) is 4.56. The number of para-hydroxylation sites is 1. The van der Waals surface area contributed by atoms with Crippen LogP contribution in [0.15, 0.2) is 54.1 Å². The zero-order valence-electron chi connectivity index (χ0n) is 15.1. The first kappa shape index (κ1) is 19.0. The summed E-state index contributed by atoms with van der Waals surface area (Å²) in [7, 11) is 1.53. The third-order valence-corrected chi connectivity index (χ3v) is 4.81. The van der Waals surface area contributed by atoms with E-state index < -0.39 is 17.7 Å². The number of aliphatic hydroxyl groups excluding tert-OH is 1. The second-order valence-electron chi connectivity index (χ2n) is 6.24. The SMILES string of the molecule is CCCN1C(=O)C(=O)/C(=C(\O)c2ccc(Cl)cc2)C1c1ccccc1OC. The molecule has 1 unspecified atom stereocenters. The van der Waals surface area contributed by atoms with Crippen LogP contribution in [0.1, 0.15) is 30.5 Å². The smallest absolute Gasteiger partial charge is 0.295 e. The Kier molecular flexibility index (Phi) is 5.51. The molecule has 140 valence electrons. The molecule has 27 heavy (non-hydrogen) atoms. The minimum Gasteiger partial charge on any atom is -0.507 e. The molecule has 6 heteroatoms. The average Bonchev–Trinajstić information content (AvgIpc) is 2.93. The van der Waals surface area contributed by atoms with Gasteiger partial charge in [-0.3, -0.25) is 9.59 Å². The fourth-order valence-corrected chi connectivity index (χ4v) is 3.46. The molecule has 3 rings (SSSR count). The van der Waals surface area contributed by atoms with Gasteiger partial charge in [-0.2, -0.15) is 0 Å². The molecule has 0 spiro atoms. The van der Waals surface area contributed by atoms with Crippen LogP contribution in [-0.4, -0.2) is 35.4 Å². The van der Waals surface area contributed by atoms with E-state index in [1.807, 2.05) is 19.1 Å². The first-order valence-corrected chi connectivity index (χ1v) is 9.04. The fourth-order valence-electron chi connectivity index (χ4n) is 3.33. The monoisotopic (exact) mass is 385 g/mol. The molecule has 0 saturated carbocycles. The van der Waals surface area contributed by atoms with Crippen LogP contribution >= 0.6 is 11.6 Å². The maximum Gasteiger partial charge on any atom is 0.295 e. The summed E-state index contributed by atoms with van der Waals surface area (Å²) in [5.41, 5.74) is 1.14. The van der Waals surface area contributed by atoms with Gasteiger partial charge in [0, 0.05) is 22.7 Å². The van der Waals surface area contributed by atoms with E-state index in [1.165, 1.54) is 12.0 Å². The van der Waals surface area contributed by atoms with Crippen molar-refractivity contribution in [1.29, 1.82) is 0 Å². The zero-order valence-corrected chi connectivity index (χ0v) is 15.9. The van der Waals surface area contributed by atoms with E-state index in [4.69, 9.17) is 16.3 Å². The normalized spacial score (nSPS) is 18.8. The summed E-state index contributed by atoms with van der Waals surface area (Å²) < 4.78 is 5.43. The highest BCUT2D eigenvalue weighted by Gasteiger charge is 2.46. The summed E-state index contributed by atoms with van der Waals surface area (Å²) in [4.78, 5) is 26.9. The van der Waals surface area contributed by atoms with Crippen molar-refractivity contribution in [2.75, 3.05) is 13.7 Å². The van der Waals surface area contributed by atoms with Crippen LogP contribution in [0.3, 0.4) is 0 Å². The van der Waals surface area contributed by atoms with Crippen LogP contribution in [0.2, 0.25) is 5.02 Å². The quantitative estimate of drug-likeness (QED) is 0.476. The lowest BCUT2D eigenvalue weighted by Gasteiger charge is -2.26. The minimum atomic E-state index is -0.711. The van der Waals surface area contributed by atoms with Gasteiger partial charge in [-0.1, -0.05) is 36.7 Å². The molecule has 0 aromatic heterocycles. The number of ketones is 1. The molecule has 0 aliphatic carbocycles. The first-order valence-electron chi connectivity index (χ1n) is 8.66. The number of nitrogens with zero attached hydrogens (tertiary/aromatic N) is 1. The van der Waals surface area contributed by atoms with Crippen molar-refractivity contribution in [3.63, 3.8) is 0 Å². The molecular weight excluding hydrogens is 366 g/mol. The highest BCUT2D eigenvalue weighted by Crippen LogP contribution is 2.42. The van der Waals surface area contributed by atoms with Crippen molar-refractivity contribution < 1.29 is 19.4 Å². The van der Waals surface area contributed by atoms with E-state index >= 15 is 0 Å². The summed E-state index contributed by atoms with van der Waals surface area (Å²) in [6, 6.07) is 13.0. The number of methoxy groups -OCH3 is 1. The van der Waals surface area contributed by atoms with Crippen molar-refractivity contribution in [1.82, 2.24) is 4.90 Å². The van der Waals surface area contributed by atoms with Gasteiger partial charge < -0.3 is 14.7 Å². The molecule has 1 aliphatic rings. The van der Waals surface area contributed by atoms with Crippen molar-refractivity contribution in [2.24, 2.45) is 0 Å². The van der Waals surface area contributed by atoms with Crippen LogP contribution < -0.4 is 4.74 Å². The predicted molar refractivity (Wildman–Crippen MR) is 104 cm³/mol. The van der Waals surface area contributed by atoms with Crippen LogP contribution in [0.4, 0.5) is 0 Å². The molecule has 0 bridgehead atoms. The minimum absolute atomic E-state index is 0.0558. The molecule has 2 aromatic rings. The Morgan fingerprint density at radius 1 is 1.15 bits per heavy atom. The van der Waals surface area contributed by atoms with Gasteiger partial charge in [0.2, 0.25) is 0 Å². The standard InChI is InChI=1S/C21H20ClNO4/c1-3-12-23-18(15-6-4-5-7-16(15)27-2)17(20(25)21(23)26)19(24)13-8-10-14(22)11-9-13/h4-11,18,24H,3,12H2,1-2H3/b19-17-. The molecule has 1 heterocycles. The predicted octanol–water partition coefficient (Wildman–Crippen LogP) is 4.18. The molecule has 1 saturated heterocycles. The highest BCUT2D eigenvalue weighted by molar-refractivity contribution is 6.46. The number of benzene rings is 2.